The van der Waals surface area contributed by atoms with E-state index in [2.05, 4.69) is 23.1 Å². The van der Waals surface area contributed by atoms with E-state index in [1.807, 2.05) is 6.07 Å². The molecule has 3 nitrogen and oxygen atoms in total. The van der Waals surface area contributed by atoms with Crippen LogP contribution in [0.1, 0.15) is 30.9 Å². The van der Waals surface area contributed by atoms with Crippen LogP contribution < -0.4 is 10.5 Å². The van der Waals surface area contributed by atoms with E-state index in [1.165, 1.54) is 24.9 Å². The summed E-state index contributed by atoms with van der Waals surface area (Å²) in [5.41, 5.74) is 7.42. The molecule has 2 aliphatic rings. The van der Waals surface area contributed by atoms with Gasteiger partial charge in [0, 0.05) is 30.6 Å². The van der Waals surface area contributed by atoms with Gasteiger partial charge in [-0.1, -0.05) is 18.2 Å². The Hall–Kier alpha value is -1.06. The van der Waals surface area contributed by atoms with Gasteiger partial charge < -0.3 is 10.5 Å². The van der Waals surface area contributed by atoms with Gasteiger partial charge in [0.2, 0.25) is 0 Å². The highest BCUT2D eigenvalue weighted by molar-refractivity contribution is 5.37. The summed E-state index contributed by atoms with van der Waals surface area (Å²) in [6, 6.07) is 9.27. The van der Waals surface area contributed by atoms with Crippen molar-refractivity contribution in [1.29, 1.82) is 0 Å². The highest BCUT2D eigenvalue weighted by Crippen LogP contribution is 2.36. The zero-order valence-electron chi connectivity index (χ0n) is 10.1. The monoisotopic (exact) mass is 232 g/mol. The van der Waals surface area contributed by atoms with E-state index in [0.29, 0.717) is 12.1 Å². The van der Waals surface area contributed by atoms with Crippen molar-refractivity contribution in [2.24, 2.45) is 5.73 Å². The van der Waals surface area contributed by atoms with Crippen molar-refractivity contribution in [3.8, 4) is 5.75 Å². The number of nitrogens with two attached hydrogens (primary N) is 1. The zero-order valence-corrected chi connectivity index (χ0v) is 10.1. The van der Waals surface area contributed by atoms with Crippen LogP contribution in [0.3, 0.4) is 0 Å². The van der Waals surface area contributed by atoms with Crippen LogP contribution in [0.5, 0.6) is 5.75 Å². The fourth-order valence-corrected chi connectivity index (χ4v) is 3.03. The summed E-state index contributed by atoms with van der Waals surface area (Å²) in [4.78, 5) is 2.54. The molecular formula is C14H20N2O. The van der Waals surface area contributed by atoms with Gasteiger partial charge in [-0.3, -0.25) is 4.90 Å². The van der Waals surface area contributed by atoms with Crippen molar-refractivity contribution in [3.63, 3.8) is 0 Å². The molecule has 2 unspecified atom stereocenters. The predicted octanol–water partition coefficient (Wildman–Crippen LogP) is 1.93. The number of hydrogen-bond acceptors (Lipinski definition) is 3. The Labute approximate surface area is 103 Å². The molecule has 17 heavy (non-hydrogen) atoms. The van der Waals surface area contributed by atoms with Gasteiger partial charge in [-0.15, -0.1) is 0 Å². The smallest absolute Gasteiger partial charge is 0.124 e. The van der Waals surface area contributed by atoms with Crippen molar-refractivity contribution < 1.29 is 4.74 Å². The van der Waals surface area contributed by atoms with Gasteiger partial charge in [0.15, 0.2) is 0 Å². The van der Waals surface area contributed by atoms with E-state index in [-0.39, 0.29) is 0 Å². The Morgan fingerprint density at radius 2 is 2.12 bits per heavy atom. The molecule has 3 heteroatoms. The van der Waals surface area contributed by atoms with Crippen LogP contribution in [0.2, 0.25) is 0 Å². The lowest BCUT2D eigenvalue weighted by Gasteiger charge is -2.39. The van der Waals surface area contributed by atoms with E-state index in [4.69, 9.17) is 10.5 Å². The third kappa shape index (κ3) is 2.17. The summed E-state index contributed by atoms with van der Waals surface area (Å²) < 4.78 is 5.71. The molecule has 0 radical (unpaired) electrons. The van der Waals surface area contributed by atoms with Crippen LogP contribution in [0, 0.1) is 0 Å². The lowest BCUT2D eigenvalue weighted by atomic mass is 9.95. The third-order valence-corrected chi connectivity index (χ3v) is 3.86. The van der Waals surface area contributed by atoms with E-state index >= 15 is 0 Å². The summed E-state index contributed by atoms with van der Waals surface area (Å²) >= 11 is 0. The molecule has 0 aromatic heterocycles. The summed E-state index contributed by atoms with van der Waals surface area (Å²) in [6.07, 6.45) is 3.48. The van der Waals surface area contributed by atoms with E-state index in [0.717, 1.165) is 25.3 Å². The molecule has 2 heterocycles. The molecule has 2 atom stereocenters. The SMILES string of the molecule is NC1CCCN(C2CCOc3ccccc32)C1. The number of piperidine rings is 1. The van der Waals surface area contributed by atoms with Gasteiger partial charge in [-0.2, -0.15) is 0 Å². The molecule has 0 spiro atoms. The normalized spacial score (nSPS) is 29.5. The number of fused-ring (bicyclic) bond motifs is 1. The number of rotatable bonds is 1. The predicted molar refractivity (Wildman–Crippen MR) is 68.1 cm³/mol. The van der Waals surface area contributed by atoms with Gasteiger partial charge in [-0.05, 0) is 25.5 Å². The number of likely N-dealkylation sites (tertiary alicyclic amines) is 1. The minimum absolute atomic E-state index is 0.346. The fourth-order valence-electron chi connectivity index (χ4n) is 3.03. The van der Waals surface area contributed by atoms with Crippen molar-refractivity contribution in [2.45, 2.75) is 31.3 Å². The topological polar surface area (TPSA) is 38.5 Å². The van der Waals surface area contributed by atoms with Crippen LogP contribution in [-0.2, 0) is 0 Å². The maximum absolute atomic E-state index is 6.08. The number of para-hydroxylation sites is 1. The molecule has 1 fully saturated rings. The number of hydrogen-bond donors (Lipinski definition) is 1. The molecule has 0 bridgehead atoms. The van der Waals surface area contributed by atoms with Gasteiger partial charge in [0.05, 0.1) is 6.61 Å². The maximum atomic E-state index is 6.08. The minimum atomic E-state index is 0.346. The summed E-state index contributed by atoms with van der Waals surface area (Å²) in [6.45, 7) is 3.03. The lowest BCUT2D eigenvalue weighted by Crippen LogP contribution is -2.45. The minimum Gasteiger partial charge on any atom is -0.493 e. The van der Waals surface area contributed by atoms with Crippen molar-refractivity contribution in [3.05, 3.63) is 29.8 Å². The van der Waals surface area contributed by atoms with Crippen LogP contribution in [0.25, 0.3) is 0 Å². The Balaban J connectivity index is 1.84. The van der Waals surface area contributed by atoms with Crippen LogP contribution in [-0.4, -0.2) is 30.6 Å². The first-order chi connectivity index (χ1) is 8.34. The first-order valence-corrected chi connectivity index (χ1v) is 6.56. The summed E-state index contributed by atoms with van der Waals surface area (Å²) in [7, 11) is 0. The van der Waals surface area contributed by atoms with Gasteiger partial charge in [-0.25, -0.2) is 0 Å². The molecular weight excluding hydrogens is 212 g/mol. The quantitative estimate of drug-likeness (QED) is 0.804. The Morgan fingerprint density at radius 1 is 1.24 bits per heavy atom. The molecule has 1 saturated heterocycles. The maximum Gasteiger partial charge on any atom is 0.124 e. The van der Waals surface area contributed by atoms with Crippen LogP contribution >= 0.6 is 0 Å². The Morgan fingerprint density at radius 3 is 3.00 bits per heavy atom. The third-order valence-electron chi connectivity index (χ3n) is 3.86. The molecule has 1 aromatic rings. The molecule has 2 N–H and O–H groups in total. The van der Waals surface area contributed by atoms with Crippen molar-refractivity contribution in [2.75, 3.05) is 19.7 Å². The van der Waals surface area contributed by atoms with Crippen LogP contribution in [0.4, 0.5) is 0 Å². The first-order valence-electron chi connectivity index (χ1n) is 6.56. The molecule has 1 aromatic carbocycles. The standard InChI is InChI=1S/C14H20N2O/c15-11-4-3-8-16(10-11)13-7-9-17-14-6-2-1-5-12(13)14/h1-2,5-6,11,13H,3-4,7-10,15H2. The summed E-state index contributed by atoms with van der Waals surface area (Å²) in [5, 5.41) is 0. The Bertz CT molecular complexity index is 394. The molecule has 3 rings (SSSR count). The average Bonchev–Trinajstić information content (AvgIpc) is 2.38. The van der Waals surface area contributed by atoms with Crippen molar-refractivity contribution >= 4 is 0 Å². The lowest BCUT2D eigenvalue weighted by molar-refractivity contribution is 0.110. The van der Waals surface area contributed by atoms with Gasteiger partial charge >= 0.3 is 0 Å². The molecule has 2 aliphatic heterocycles. The van der Waals surface area contributed by atoms with Gasteiger partial charge in [0.25, 0.3) is 0 Å². The Kier molecular flexibility index (Phi) is 3.04. The van der Waals surface area contributed by atoms with Crippen LogP contribution in [0.15, 0.2) is 24.3 Å². The average molecular weight is 232 g/mol. The highest BCUT2D eigenvalue weighted by atomic mass is 16.5. The molecule has 92 valence electrons. The van der Waals surface area contributed by atoms with E-state index in [9.17, 15) is 0 Å². The van der Waals surface area contributed by atoms with E-state index < -0.39 is 0 Å². The second kappa shape index (κ2) is 4.67. The largest absolute Gasteiger partial charge is 0.493 e. The number of benzene rings is 1. The second-order valence-corrected chi connectivity index (χ2v) is 5.09. The van der Waals surface area contributed by atoms with Gasteiger partial charge in [0.1, 0.15) is 5.75 Å². The molecule has 0 aliphatic carbocycles. The molecule has 0 amide bonds. The second-order valence-electron chi connectivity index (χ2n) is 5.09. The molecule has 0 saturated carbocycles. The fraction of sp³-hybridized carbons (Fsp3) is 0.571. The first kappa shape index (κ1) is 11.1. The number of ether oxygens (including phenoxy) is 1. The van der Waals surface area contributed by atoms with E-state index in [1.54, 1.807) is 0 Å². The zero-order chi connectivity index (χ0) is 11.7. The number of nitrogens with zero attached hydrogens (tertiary/aromatic N) is 1. The highest BCUT2D eigenvalue weighted by Gasteiger charge is 2.29. The van der Waals surface area contributed by atoms with Crippen molar-refractivity contribution in [1.82, 2.24) is 4.90 Å². The summed E-state index contributed by atoms with van der Waals surface area (Å²) in [5.74, 6) is 1.06.